The van der Waals surface area contributed by atoms with Crippen molar-refractivity contribution in [3.05, 3.63) is 194 Å². The molecule has 2 heterocycles. The van der Waals surface area contributed by atoms with Crippen LogP contribution in [-0.2, 0) is 0 Å². The Morgan fingerprint density at radius 1 is 0.283 bits per heavy atom. The van der Waals surface area contributed by atoms with E-state index in [1.807, 2.05) is 36.4 Å². The van der Waals surface area contributed by atoms with Gasteiger partial charge in [0.25, 0.3) is 0 Å². The van der Waals surface area contributed by atoms with Crippen LogP contribution in [0.3, 0.4) is 0 Å². The summed E-state index contributed by atoms with van der Waals surface area (Å²) in [5, 5.41) is 4.82. The molecule has 0 N–H and O–H groups in total. The second kappa shape index (κ2) is 12.9. The summed E-state index contributed by atoms with van der Waals surface area (Å²) < 4.78 is 2.35. The number of fused-ring (bicyclic) bond motifs is 4. The molecule has 4 heteroatoms. The Morgan fingerprint density at radius 3 is 1.40 bits per heavy atom. The van der Waals surface area contributed by atoms with Crippen molar-refractivity contribution in [2.45, 2.75) is 0 Å². The van der Waals surface area contributed by atoms with Crippen LogP contribution in [0.5, 0.6) is 0 Å². The number of aromatic nitrogens is 4. The summed E-state index contributed by atoms with van der Waals surface area (Å²) in [6.45, 7) is 0. The van der Waals surface area contributed by atoms with Gasteiger partial charge in [-0.15, -0.1) is 0 Å². The average Bonchev–Trinajstić information content (AvgIpc) is 3.58. The molecule has 0 spiro atoms. The Kier molecular flexibility index (Phi) is 7.43. The van der Waals surface area contributed by atoms with Crippen molar-refractivity contribution in [1.82, 2.24) is 19.5 Å². The van der Waals surface area contributed by atoms with Crippen molar-refractivity contribution in [3.63, 3.8) is 0 Å². The van der Waals surface area contributed by atoms with Gasteiger partial charge in [0.1, 0.15) is 0 Å². The molecule has 0 bridgehead atoms. The van der Waals surface area contributed by atoms with E-state index < -0.39 is 0 Å². The first-order chi connectivity index (χ1) is 26.2. The Morgan fingerprint density at radius 2 is 0.736 bits per heavy atom. The number of hydrogen-bond donors (Lipinski definition) is 0. The minimum atomic E-state index is 0.631. The van der Waals surface area contributed by atoms with E-state index in [-0.39, 0.29) is 0 Å². The van der Waals surface area contributed by atoms with Crippen LogP contribution >= 0.6 is 0 Å². The summed E-state index contributed by atoms with van der Waals surface area (Å²) >= 11 is 0. The van der Waals surface area contributed by atoms with E-state index in [0.29, 0.717) is 17.5 Å². The predicted octanol–water partition coefficient (Wildman–Crippen LogP) is 12.5. The van der Waals surface area contributed by atoms with E-state index in [9.17, 15) is 0 Å². The molecule has 53 heavy (non-hydrogen) atoms. The molecular weight excluding hydrogens is 645 g/mol. The third-order valence-corrected chi connectivity index (χ3v) is 10.1. The van der Waals surface area contributed by atoms with Crippen LogP contribution in [0.4, 0.5) is 0 Å². The van der Waals surface area contributed by atoms with Gasteiger partial charge in [0.15, 0.2) is 17.5 Å². The first-order valence-electron chi connectivity index (χ1n) is 17.9. The minimum Gasteiger partial charge on any atom is -0.309 e. The Labute approximate surface area is 307 Å². The highest BCUT2D eigenvalue weighted by atomic mass is 15.0. The zero-order chi connectivity index (χ0) is 35.1. The van der Waals surface area contributed by atoms with Crippen molar-refractivity contribution >= 4 is 32.6 Å². The number of nitrogens with zero attached hydrogens (tertiary/aromatic N) is 4. The summed E-state index contributed by atoms with van der Waals surface area (Å²) in [5.41, 5.74) is 10.9. The fourth-order valence-electron chi connectivity index (χ4n) is 7.35. The first-order valence-corrected chi connectivity index (χ1v) is 17.9. The number of rotatable bonds is 6. The molecule has 0 aliphatic heterocycles. The normalized spacial score (nSPS) is 11.4. The molecule has 0 fully saturated rings. The first kappa shape index (κ1) is 30.6. The van der Waals surface area contributed by atoms with E-state index >= 15 is 0 Å². The van der Waals surface area contributed by atoms with Crippen LogP contribution in [0.25, 0.3) is 94.7 Å². The average molecular weight is 677 g/mol. The third-order valence-electron chi connectivity index (χ3n) is 10.1. The molecule has 0 aliphatic carbocycles. The van der Waals surface area contributed by atoms with Crippen molar-refractivity contribution in [1.29, 1.82) is 0 Å². The third kappa shape index (κ3) is 5.63. The maximum atomic E-state index is 5.12. The van der Waals surface area contributed by atoms with Gasteiger partial charge >= 0.3 is 0 Å². The predicted molar refractivity (Wildman–Crippen MR) is 219 cm³/mol. The summed E-state index contributed by atoms with van der Waals surface area (Å²) in [6.07, 6.45) is 0. The van der Waals surface area contributed by atoms with Crippen molar-refractivity contribution in [3.8, 4) is 62.1 Å². The molecule has 10 rings (SSSR count). The van der Waals surface area contributed by atoms with Crippen LogP contribution in [0, 0.1) is 0 Å². The Balaban J connectivity index is 1.08. The molecule has 4 nitrogen and oxygen atoms in total. The lowest BCUT2D eigenvalue weighted by Gasteiger charge is -2.11. The van der Waals surface area contributed by atoms with Crippen molar-refractivity contribution < 1.29 is 0 Å². The standard InChI is InChI=1S/C49H32N4/c1-3-11-33(12-4-1)35-19-21-36(22-20-35)37-23-25-39(26-24-37)48-50-47(38-14-5-2-6-15-38)51-49(52-48)41-28-30-44-43-17-9-10-18-45(43)53(46(44)32-41)42-29-27-34-13-7-8-16-40(34)31-42/h1-32H. The molecule has 2 aromatic heterocycles. The molecule has 0 saturated carbocycles. The lowest BCUT2D eigenvalue weighted by atomic mass is 9.99. The number of benzene rings is 8. The lowest BCUT2D eigenvalue weighted by Crippen LogP contribution is -2.00. The van der Waals surface area contributed by atoms with Crippen LogP contribution in [0.15, 0.2) is 194 Å². The summed E-state index contributed by atoms with van der Waals surface area (Å²) in [4.78, 5) is 15.2. The molecule has 0 aliphatic rings. The Hall–Kier alpha value is -7.17. The topological polar surface area (TPSA) is 43.6 Å². The SMILES string of the molecule is c1ccc(-c2ccc(-c3ccc(-c4nc(-c5ccccc5)nc(-c5ccc6c7ccccc7n(-c7ccc8ccccc8c7)c6c5)n4)cc3)cc2)cc1. The van der Waals surface area contributed by atoms with Crippen molar-refractivity contribution in [2.75, 3.05) is 0 Å². The zero-order valence-electron chi connectivity index (χ0n) is 28.8. The van der Waals surface area contributed by atoms with Gasteiger partial charge in [-0.2, -0.15) is 0 Å². The van der Waals surface area contributed by atoms with Gasteiger partial charge in [0.2, 0.25) is 0 Å². The molecule has 0 atom stereocenters. The maximum absolute atomic E-state index is 5.12. The van der Waals surface area contributed by atoms with Gasteiger partial charge in [-0.05, 0) is 57.3 Å². The smallest absolute Gasteiger partial charge is 0.164 e. The molecule has 8 aromatic carbocycles. The summed E-state index contributed by atoms with van der Waals surface area (Å²) in [6, 6.07) is 68.2. The van der Waals surface area contributed by atoms with Crippen LogP contribution in [0.1, 0.15) is 0 Å². The van der Waals surface area contributed by atoms with Gasteiger partial charge in [0, 0.05) is 33.2 Å². The molecule has 0 unspecified atom stereocenters. The number of hydrogen-bond acceptors (Lipinski definition) is 3. The number of para-hydroxylation sites is 1. The van der Waals surface area contributed by atoms with Crippen LogP contribution in [0.2, 0.25) is 0 Å². The van der Waals surface area contributed by atoms with Crippen molar-refractivity contribution in [2.24, 2.45) is 0 Å². The highest BCUT2D eigenvalue weighted by Gasteiger charge is 2.17. The van der Waals surface area contributed by atoms with Gasteiger partial charge < -0.3 is 4.57 Å². The molecule has 0 saturated heterocycles. The van der Waals surface area contributed by atoms with Gasteiger partial charge in [0.05, 0.1) is 11.0 Å². The molecule has 0 radical (unpaired) electrons. The second-order valence-electron chi connectivity index (χ2n) is 13.3. The monoisotopic (exact) mass is 676 g/mol. The van der Waals surface area contributed by atoms with Crippen LogP contribution < -0.4 is 0 Å². The maximum Gasteiger partial charge on any atom is 0.164 e. The largest absolute Gasteiger partial charge is 0.309 e. The summed E-state index contributed by atoms with van der Waals surface area (Å²) in [5.74, 6) is 1.91. The van der Waals surface area contributed by atoms with Gasteiger partial charge in [-0.1, -0.05) is 170 Å². The van der Waals surface area contributed by atoms with E-state index in [1.54, 1.807) is 0 Å². The van der Waals surface area contributed by atoms with E-state index in [4.69, 9.17) is 15.0 Å². The van der Waals surface area contributed by atoms with Gasteiger partial charge in [-0.3, -0.25) is 0 Å². The van der Waals surface area contributed by atoms with Crippen LogP contribution in [-0.4, -0.2) is 19.5 Å². The zero-order valence-corrected chi connectivity index (χ0v) is 28.8. The molecule has 248 valence electrons. The second-order valence-corrected chi connectivity index (χ2v) is 13.3. The molecule has 0 amide bonds. The Bertz CT molecular complexity index is 2910. The molecular formula is C49H32N4. The highest BCUT2D eigenvalue weighted by molar-refractivity contribution is 6.10. The van der Waals surface area contributed by atoms with E-state index in [0.717, 1.165) is 44.5 Å². The minimum absolute atomic E-state index is 0.631. The summed E-state index contributed by atoms with van der Waals surface area (Å²) in [7, 11) is 0. The quantitative estimate of drug-likeness (QED) is 0.176. The highest BCUT2D eigenvalue weighted by Crippen LogP contribution is 2.36. The molecule has 10 aromatic rings. The fraction of sp³-hybridized carbons (Fsp3) is 0. The fourth-order valence-corrected chi connectivity index (χ4v) is 7.35. The lowest BCUT2D eigenvalue weighted by molar-refractivity contribution is 1.07. The van der Waals surface area contributed by atoms with Gasteiger partial charge in [-0.25, -0.2) is 15.0 Å². The van der Waals surface area contributed by atoms with E-state index in [2.05, 4.69) is 162 Å². The van der Waals surface area contributed by atoms with E-state index in [1.165, 1.54) is 32.7 Å².